The van der Waals surface area contributed by atoms with Gasteiger partial charge < -0.3 is 14.2 Å². The summed E-state index contributed by atoms with van der Waals surface area (Å²) >= 11 is 3.41. The fraction of sp³-hybridized carbons (Fsp3) is 0.280. The first kappa shape index (κ1) is 22.8. The van der Waals surface area contributed by atoms with Gasteiger partial charge in [0.2, 0.25) is 5.91 Å². The lowest BCUT2D eigenvalue weighted by Gasteiger charge is -2.30. The van der Waals surface area contributed by atoms with Gasteiger partial charge in [-0.15, -0.1) is 0 Å². The van der Waals surface area contributed by atoms with E-state index >= 15 is 0 Å². The molecule has 0 saturated heterocycles. The molecular formula is C25H27BrN2O3. The molecule has 0 aliphatic rings. The minimum absolute atomic E-state index is 0.00443. The zero-order chi connectivity index (χ0) is 22.4. The lowest BCUT2D eigenvalue weighted by Crippen LogP contribution is -2.45. The number of halogens is 1. The smallest absolute Gasteiger partial charge is 0.254 e. The summed E-state index contributed by atoms with van der Waals surface area (Å²) in [5.41, 5.74) is 1.57. The molecule has 0 unspecified atom stereocenters. The van der Waals surface area contributed by atoms with Crippen molar-refractivity contribution in [3.63, 3.8) is 0 Å². The second-order valence-electron chi connectivity index (χ2n) is 7.78. The minimum atomic E-state index is -0.168. The standard InChI is InChI=1S/C25H27BrN2O3/c1-18(2)28(25(30)21-10-7-11-22(26)14-21)17-24(29)27(15-20-8-5-4-6-9-20)16-23-13-12-19(3)31-23/h4-14,18H,15-17H2,1-3H3. The molecule has 0 bridgehead atoms. The highest BCUT2D eigenvalue weighted by Crippen LogP contribution is 2.17. The molecule has 0 aliphatic carbocycles. The number of furan rings is 1. The van der Waals surface area contributed by atoms with Crippen LogP contribution in [0.2, 0.25) is 0 Å². The Kier molecular flexibility index (Phi) is 7.69. The molecule has 2 aromatic carbocycles. The van der Waals surface area contributed by atoms with Crippen molar-refractivity contribution in [1.82, 2.24) is 9.80 Å². The molecule has 1 heterocycles. The second kappa shape index (κ2) is 10.4. The Balaban J connectivity index is 1.81. The summed E-state index contributed by atoms with van der Waals surface area (Å²) in [7, 11) is 0. The SMILES string of the molecule is Cc1ccc(CN(Cc2ccccc2)C(=O)CN(C(=O)c2cccc(Br)c2)C(C)C)o1. The summed E-state index contributed by atoms with van der Waals surface area (Å²) in [4.78, 5) is 29.8. The molecule has 0 N–H and O–H groups in total. The van der Waals surface area contributed by atoms with Gasteiger partial charge in [-0.3, -0.25) is 9.59 Å². The van der Waals surface area contributed by atoms with E-state index in [2.05, 4.69) is 15.9 Å². The topological polar surface area (TPSA) is 53.8 Å². The molecule has 0 aliphatic heterocycles. The average Bonchev–Trinajstić information content (AvgIpc) is 3.16. The molecule has 5 nitrogen and oxygen atoms in total. The molecule has 3 aromatic rings. The molecule has 0 radical (unpaired) electrons. The van der Waals surface area contributed by atoms with Crippen molar-refractivity contribution >= 4 is 27.7 Å². The maximum absolute atomic E-state index is 13.4. The van der Waals surface area contributed by atoms with E-state index in [1.165, 1.54) is 0 Å². The van der Waals surface area contributed by atoms with Crippen LogP contribution in [0.3, 0.4) is 0 Å². The molecule has 0 atom stereocenters. The lowest BCUT2D eigenvalue weighted by atomic mass is 10.1. The Hall–Kier alpha value is -2.86. The summed E-state index contributed by atoms with van der Waals surface area (Å²) in [5, 5.41) is 0. The van der Waals surface area contributed by atoms with Crippen LogP contribution >= 0.6 is 15.9 Å². The number of hydrogen-bond donors (Lipinski definition) is 0. The van der Waals surface area contributed by atoms with Crippen LogP contribution < -0.4 is 0 Å². The van der Waals surface area contributed by atoms with Gasteiger partial charge in [-0.25, -0.2) is 0 Å². The Morgan fingerprint density at radius 1 is 0.968 bits per heavy atom. The first-order chi connectivity index (χ1) is 14.8. The van der Waals surface area contributed by atoms with Crippen LogP contribution in [0.1, 0.15) is 41.3 Å². The van der Waals surface area contributed by atoms with E-state index < -0.39 is 0 Å². The van der Waals surface area contributed by atoms with Crippen LogP contribution in [-0.4, -0.2) is 34.2 Å². The van der Waals surface area contributed by atoms with Gasteiger partial charge in [0.1, 0.15) is 18.1 Å². The van der Waals surface area contributed by atoms with Gasteiger partial charge in [0, 0.05) is 22.6 Å². The molecule has 0 spiro atoms. The Morgan fingerprint density at radius 2 is 1.71 bits per heavy atom. The van der Waals surface area contributed by atoms with Gasteiger partial charge in [0.25, 0.3) is 5.91 Å². The number of rotatable bonds is 8. The molecule has 162 valence electrons. The van der Waals surface area contributed by atoms with E-state index in [-0.39, 0.29) is 24.4 Å². The van der Waals surface area contributed by atoms with Crippen LogP contribution in [0.5, 0.6) is 0 Å². The zero-order valence-corrected chi connectivity index (χ0v) is 19.6. The predicted octanol–water partition coefficient (Wildman–Crippen LogP) is 5.43. The third kappa shape index (κ3) is 6.31. The number of carbonyl (C=O) groups is 2. The first-order valence-electron chi connectivity index (χ1n) is 10.3. The molecular weight excluding hydrogens is 456 g/mol. The van der Waals surface area contributed by atoms with Crippen LogP contribution in [0, 0.1) is 6.92 Å². The fourth-order valence-electron chi connectivity index (χ4n) is 3.32. The van der Waals surface area contributed by atoms with E-state index in [9.17, 15) is 9.59 Å². The number of carbonyl (C=O) groups excluding carboxylic acids is 2. The maximum atomic E-state index is 13.4. The molecule has 0 fully saturated rings. The van der Waals surface area contributed by atoms with Gasteiger partial charge >= 0.3 is 0 Å². The van der Waals surface area contributed by atoms with Crippen molar-refractivity contribution in [1.29, 1.82) is 0 Å². The van der Waals surface area contributed by atoms with E-state index in [0.717, 1.165) is 21.6 Å². The number of nitrogens with zero attached hydrogens (tertiary/aromatic N) is 2. The van der Waals surface area contributed by atoms with Gasteiger partial charge in [-0.1, -0.05) is 52.3 Å². The highest BCUT2D eigenvalue weighted by molar-refractivity contribution is 9.10. The van der Waals surface area contributed by atoms with E-state index in [0.29, 0.717) is 18.7 Å². The largest absolute Gasteiger partial charge is 0.464 e. The average molecular weight is 483 g/mol. The van der Waals surface area contributed by atoms with Crippen molar-refractivity contribution in [3.05, 3.63) is 93.9 Å². The fourth-order valence-corrected chi connectivity index (χ4v) is 3.72. The monoisotopic (exact) mass is 482 g/mol. The second-order valence-corrected chi connectivity index (χ2v) is 8.70. The predicted molar refractivity (Wildman–Crippen MR) is 124 cm³/mol. The van der Waals surface area contributed by atoms with E-state index in [1.54, 1.807) is 21.9 Å². The van der Waals surface area contributed by atoms with Crippen LogP contribution in [0.4, 0.5) is 0 Å². The summed E-state index contributed by atoms with van der Waals surface area (Å²) in [6.07, 6.45) is 0. The molecule has 31 heavy (non-hydrogen) atoms. The quantitative estimate of drug-likeness (QED) is 0.430. The Morgan fingerprint density at radius 3 is 2.32 bits per heavy atom. The third-order valence-electron chi connectivity index (χ3n) is 4.97. The zero-order valence-electron chi connectivity index (χ0n) is 18.0. The number of benzene rings is 2. The first-order valence-corrected chi connectivity index (χ1v) is 11.1. The van der Waals surface area contributed by atoms with Gasteiger partial charge in [0.05, 0.1) is 6.54 Å². The van der Waals surface area contributed by atoms with Gasteiger partial charge in [-0.05, 0) is 56.7 Å². The van der Waals surface area contributed by atoms with Gasteiger partial charge in [-0.2, -0.15) is 0 Å². The van der Waals surface area contributed by atoms with Crippen molar-refractivity contribution in [3.8, 4) is 0 Å². The van der Waals surface area contributed by atoms with Crippen molar-refractivity contribution < 1.29 is 14.0 Å². The highest BCUT2D eigenvalue weighted by Gasteiger charge is 2.25. The molecule has 3 rings (SSSR count). The van der Waals surface area contributed by atoms with Gasteiger partial charge in [0.15, 0.2) is 0 Å². The van der Waals surface area contributed by atoms with E-state index in [4.69, 9.17) is 4.42 Å². The van der Waals surface area contributed by atoms with Crippen molar-refractivity contribution in [2.45, 2.75) is 39.9 Å². The maximum Gasteiger partial charge on any atom is 0.254 e. The summed E-state index contributed by atoms with van der Waals surface area (Å²) < 4.78 is 6.53. The van der Waals surface area contributed by atoms with Crippen molar-refractivity contribution in [2.75, 3.05) is 6.54 Å². The number of hydrogen-bond acceptors (Lipinski definition) is 3. The minimum Gasteiger partial charge on any atom is -0.464 e. The Bertz CT molecular complexity index is 1030. The highest BCUT2D eigenvalue weighted by atomic mass is 79.9. The van der Waals surface area contributed by atoms with E-state index in [1.807, 2.05) is 75.4 Å². The molecule has 2 amide bonds. The molecule has 0 saturated carbocycles. The summed E-state index contributed by atoms with van der Waals surface area (Å²) in [5.74, 6) is 1.22. The Labute approximate surface area is 191 Å². The lowest BCUT2D eigenvalue weighted by molar-refractivity contribution is -0.133. The molecule has 1 aromatic heterocycles. The third-order valence-corrected chi connectivity index (χ3v) is 5.47. The van der Waals surface area contributed by atoms with Crippen LogP contribution in [0.15, 0.2) is 75.6 Å². The number of aryl methyl sites for hydroxylation is 1. The van der Waals surface area contributed by atoms with Crippen LogP contribution in [0.25, 0.3) is 0 Å². The summed E-state index contributed by atoms with van der Waals surface area (Å²) in [6.45, 7) is 6.50. The van der Waals surface area contributed by atoms with Crippen molar-refractivity contribution in [2.24, 2.45) is 0 Å². The normalized spacial score (nSPS) is 10.9. The number of amides is 2. The molecule has 6 heteroatoms. The van der Waals surface area contributed by atoms with Crippen LogP contribution in [-0.2, 0) is 17.9 Å². The summed E-state index contributed by atoms with van der Waals surface area (Å²) in [6, 6.07) is 20.7.